The minimum Gasteiger partial charge on any atom is -0.478 e. The van der Waals surface area contributed by atoms with Gasteiger partial charge in [-0.2, -0.15) is 0 Å². The molecule has 38 heavy (non-hydrogen) atoms. The first-order valence-corrected chi connectivity index (χ1v) is 13.5. The number of hydrogen-bond acceptors (Lipinski definition) is 6. The quantitative estimate of drug-likeness (QED) is 0.286. The van der Waals surface area contributed by atoms with Gasteiger partial charge in [-0.15, -0.1) is 0 Å². The summed E-state index contributed by atoms with van der Waals surface area (Å²) in [7, 11) is -4.30. The second-order valence-electron chi connectivity index (χ2n) is 9.34. The molecule has 9 nitrogen and oxygen atoms in total. The van der Waals surface area contributed by atoms with Crippen LogP contribution in [0.4, 0.5) is 5.69 Å². The third-order valence-corrected chi connectivity index (χ3v) is 7.51. The number of pyridine rings is 1. The zero-order chi connectivity index (χ0) is 27.8. The lowest BCUT2D eigenvalue weighted by molar-refractivity contribution is -0.152. The molecule has 4 rings (SSSR count). The van der Waals surface area contributed by atoms with Crippen molar-refractivity contribution in [3.8, 4) is 5.82 Å². The molecule has 0 spiro atoms. The van der Waals surface area contributed by atoms with Gasteiger partial charge >= 0.3 is 11.9 Å². The molecule has 2 aromatic heterocycles. The van der Waals surface area contributed by atoms with Crippen LogP contribution >= 0.6 is 23.2 Å². The monoisotopic (exact) mass is 575 g/mol. The van der Waals surface area contributed by atoms with E-state index in [0.29, 0.717) is 16.7 Å². The molecule has 198 valence electrons. The Bertz CT molecular complexity index is 1640. The van der Waals surface area contributed by atoms with Crippen molar-refractivity contribution in [2.75, 3.05) is 10.8 Å². The van der Waals surface area contributed by atoms with Gasteiger partial charge in [-0.25, -0.2) is 18.2 Å². The zero-order valence-electron chi connectivity index (χ0n) is 20.6. The van der Waals surface area contributed by atoms with Crippen LogP contribution in [0.25, 0.3) is 16.7 Å². The van der Waals surface area contributed by atoms with E-state index in [0.717, 1.165) is 4.31 Å². The molecule has 1 N–H and O–H groups in total. The van der Waals surface area contributed by atoms with Gasteiger partial charge in [0, 0.05) is 27.8 Å². The summed E-state index contributed by atoms with van der Waals surface area (Å²) in [6.45, 7) is 4.45. The van der Waals surface area contributed by atoms with Gasteiger partial charge in [0.1, 0.15) is 18.0 Å². The van der Waals surface area contributed by atoms with Gasteiger partial charge in [-0.1, -0.05) is 23.2 Å². The van der Waals surface area contributed by atoms with Crippen molar-refractivity contribution in [1.82, 2.24) is 9.55 Å². The van der Waals surface area contributed by atoms with Gasteiger partial charge in [0.15, 0.2) is 0 Å². The molecule has 0 saturated carbocycles. The van der Waals surface area contributed by atoms with Gasteiger partial charge in [0.05, 0.1) is 21.7 Å². The smallest absolute Gasteiger partial charge is 0.335 e. The summed E-state index contributed by atoms with van der Waals surface area (Å²) in [5.41, 5.74) is 0.0850. The number of carbonyl (C=O) groups excluding carboxylic acids is 1. The number of carbonyl (C=O) groups is 2. The van der Waals surface area contributed by atoms with E-state index >= 15 is 0 Å². The van der Waals surface area contributed by atoms with E-state index in [1.54, 1.807) is 49.7 Å². The highest BCUT2D eigenvalue weighted by atomic mass is 35.5. The zero-order valence-corrected chi connectivity index (χ0v) is 22.9. The molecule has 0 atom stereocenters. The molecule has 0 aliphatic heterocycles. The number of nitrogens with zero attached hydrogens (tertiary/aromatic N) is 3. The van der Waals surface area contributed by atoms with E-state index in [4.69, 9.17) is 27.9 Å². The molecule has 0 radical (unpaired) electrons. The second kappa shape index (κ2) is 10.3. The van der Waals surface area contributed by atoms with Crippen molar-refractivity contribution in [3.63, 3.8) is 0 Å². The Labute approximate surface area is 229 Å². The molecule has 0 aliphatic carbocycles. The molecule has 0 saturated heterocycles. The Morgan fingerprint density at radius 3 is 2.34 bits per heavy atom. The van der Waals surface area contributed by atoms with Crippen LogP contribution in [0.1, 0.15) is 31.1 Å². The second-order valence-corrected chi connectivity index (χ2v) is 12.1. The number of halogens is 2. The van der Waals surface area contributed by atoms with E-state index in [2.05, 4.69) is 4.98 Å². The van der Waals surface area contributed by atoms with Crippen molar-refractivity contribution in [1.29, 1.82) is 0 Å². The van der Waals surface area contributed by atoms with Crippen LogP contribution in [0.3, 0.4) is 0 Å². The summed E-state index contributed by atoms with van der Waals surface area (Å²) in [5, 5.41) is 10.2. The summed E-state index contributed by atoms with van der Waals surface area (Å²) in [5.74, 6) is -1.46. The molecular weight excluding hydrogens is 553 g/mol. The fourth-order valence-corrected chi connectivity index (χ4v) is 5.91. The number of anilines is 1. The minimum atomic E-state index is -4.30. The van der Waals surface area contributed by atoms with E-state index in [1.807, 2.05) is 0 Å². The molecule has 0 amide bonds. The molecule has 12 heteroatoms. The van der Waals surface area contributed by atoms with Crippen molar-refractivity contribution < 1.29 is 27.9 Å². The van der Waals surface area contributed by atoms with Crippen LogP contribution < -0.4 is 4.31 Å². The number of carboxylic acids is 1. The van der Waals surface area contributed by atoms with Crippen LogP contribution in [0, 0.1) is 0 Å². The molecule has 2 aromatic carbocycles. The Kier molecular flexibility index (Phi) is 7.42. The molecule has 4 aromatic rings. The standard InChI is InChI=1S/C26H23Cl2N3O6S/c1-26(2,3)37-24(32)15-31(38(35,36)21-13-18(27)12-19(28)14-21)20-4-5-22-16(10-20)7-9-30(22)23-11-17(25(33)34)6-8-29-23/h4-14H,15H2,1-3H3,(H,33,34). The van der Waals surface area contributed by atoms with Crippen molar-refractivity contribution in [3.05, 3.63) is 82.6 Å². The SMILES string of the molecule is CC(C)(C)OC(=O)CN(c1ccc2c(ccn2-c2cc(C(=O)O)ccn2)c1)S(=O)(=O)c1cc(Cl)cc(Cl)c1. The predicted molar refractivity (Wildman–Crippen MR) is 145 cm³/mol. The lowest BCUT2D eigenvalue weighted by Gasteiger charge is -2.26. The maximum Gasteiger partial charge on any atom is 0.335 e. The number of ether oxygens (including phenoxy) is 1. The third-order valence-electron chi connectivity index (χ3n) is 5.32. The number of hydrogen-bond donors (Lipinski definition) is 1. The summed E-state index contributed by atoms with van der Waals surface area (Å²) in [6, 6.07) is 13.2. The van der Waals surface area contributed by atoms with Gasteiger partial charge in [-0.05, 0) is 75.4 Å². The molecular formula is C26H23Cl2N3O6S. The Hall–Kier alpha value is -3.60. The topological polar surface area (TPSA) is 119 Å². The number of rotatable bonds is 7. The summed E-state index contributed by atoms with van der Waals surface area (Å²) in [6.07, 6.45) is 3.08. The lowest BCUT2D eigenvalue weighted by Crippen LogP contribution is -2.39. The first-order chi connectivity index (χ1) is 17.7. The minimum absolute atomic E-state index is 0.0725. The maximum atomic E-state index is 13.7. The summed E-state index contributed by atoms with van der Waals surface area (Å²) < 4.78 is 35.5. The van der Waals surface area contributed by atoms with E-state index in [1.165, 1.54) is 42.6 Å². The van der Waals surface area contributed by atoms with Crippen LogP contribution in [0.5, 0.6) is 0 Å². The average molecular weight is 576 g/mol. The number of carboxylic acid groups (broad SMARTS) is 1. The summed E-state index contributed by atoms with van der Waals surface area (Å²) in [4.78, 5) is 28.2. The molecule has 0 bridgehead atoms. The van der Waals surface area contributed by atoms with Crippen LogP contribution in [0.2, 0.25) is 10.0 Å². The normalized spacial score (nSPS) is 11.9. The van der Waals surface area contributed by atoms with E-state index in [9.17, 15) is 23.1 Å². The Morgan fingerprint density at radius 1 is 1.03 bits per heavy atom. The van der Waals surface area contributed by atoms with Crippen LogP contribution in [0.15, 0.2) is 71.9 Å². The molecule has 2 heterocycles. The summed E-state index contributed by atoms with van der Waals surface area (Å²) >= 11 is 12.1. The van der Waals surface area contributed by atoms with Gasteiger partial charge < -0.3 is 14.4 Å². The number of benzene rings is 2. The van der Waals surface area contributed by atoms with Gasteiger partial charge in [0.25, 0.3) is 10.0 Å². The number of esters is 1. The van der Waals surface area contributed by atoms with Crippen molar-refractivity contribution in [2.45, 2.75) is 31.3 Å². The maximum absolute atomic E-state index is 13.7. The number of aromatic carboxylic acids is 1. The Morgan fingerprint density at radius 2 is 1.71 bits per heavy atom. The predicted octanol–water partition coefficient (Wildman–Crippen LogP) is 5.57. The largest absolute Gasteiger partial charge is 0.478 e. The van der Waals surface area contributed by atoms with Crippen molar-refractivity contribution in [2.24, 2.45) is 0 Å². The first-order valence-electron chi connectivity index (χ1n) is 11.3. The van der Waals surface area contributed by atoms with E-state index < -0.39 is 34.1 Å². The fourth-order valence-electron chi connectivity index (χ4n) is 3.78. The number of fused-ring (bicyclic) bond motifs is 1. The van der Waals surface area contributed by atoms with Gasteiger partial charge in [0.2, 0.25) is 0 Å². The Balaban J connectivity index is 1.81. The third kappa shape index (κ3) is 5.93. The van der Waals surface area contributed by atoms with Crippen molar-refractivity contribution >= 4 is 61.8 Å². The molecule has 0 unspecified atom stereocenters. The van der Waals surface area contributed by atoms with Crippen LogP contribution in [-0.2, 0) is 19.6 Å². The van der Waals surface area contributed by atoms with Crippen LogP contribution in [-0.4, -0.2) is 47.2 Å². The van der Waals surface area contributed by atoms with Gasteiger partial charge in [-0.3, -0.25) is 9.10 Å². The highest BCUT2D eigenvalue weighted by Crippen LogP contribution is 2.31. The van der Waals surface area contributed by atoms with E-state index in [-0.39, 0.29) is 26.2 Å². The molecule has 0 fully saturated rings. The number of aromatic nitrogens is 2. The number of sulfonamides is 1. The fraction of sp³-hybridized carbons (Fsp3) is 0.192. The highest BCUT2D eigenvalue weighted by molar-refractivity contribution is 7.92. The first kappa shape index (κ1) is 27.4. The lowest BCUT2D eigenvalue weighted by atomic mass is 10.2. The average Bonchev–Trinajstić information content (AvgIpc) is 3.24. The highest BCUT2D eigenvalue weighted by Gasteiger charge is 2.30. The molecule has 0 aliphatic rings.